The second kappa shape index (κ2) is 17.2. The smallest absolute Gasteiger partial charge is 0.0713 e. The molecular weight excluding hydrogens is 905 g/mol. The summed E-state index contributed by atoms with van der Waals surface area (Å²) in [6, 6.07) is 107. The first-order valence-electron chi connectivity index (χ1n) is 26.0. The fourth-order valence-corrected chi connectivity index (χ4v) is 12.7. The molecule has 2 nitrogen and oxygen atoms in total. The quantitative estimate of drug-likeness (QED) is 0.138. The van der Waals surface area contributed by atoms with Gasteiger partial charge in [0.25, 0.3) is 0 Å². The minimum absolute atomic E-state index is 0.435. The Morgan fingerprint density at radius 2 is 0.653 bits per heavy atom. The normalized spacial score (nSPS) is 12.6. The topological polar surface area (TPSA) is 8.17 Å². The monoisotopic (exact) mass is 952 g/mol. The van der Waals surface area contributed by atoms with E-state index in [1.807, 2.05) is 0 Å². The maximum atomic E-state index is 2.41. The predicted octanol–water partition coefficient (Wildman–Crippen LogP) is 19.4. The summed E-state index contributed by atoms with van der Waals surface area (Å²) in [5.41, 5.74) is 18.9. The van der Waals surface area contributed by atoms with E-state index in [4.69, 9.17) is 0 Å². The third-order valence-electron chi connectivity index (χ3n) is 16.0. The van der Waals surface area contributed by atoms with Gasteiger partial charge >= 0.3 is 0 Å². The number of aromatic nitrogens is 1. The first-order valence-corrected chi connectivity index (χ1v) is 26.0. The van der Waals surface area contributed by atoms with Crippen LogP contribution in [0.1, 0.15) is 22.3 Å². The maximum Gasteiger partial charge on any atom is 0.0713 e. The van der Waals surface area contributed by atoms with E-state index in [1.54, 1.807) is 0 Å². The molecule has 1 aliphatic carbocycles. The molecule has 0 bridgehead atoms. The molecule has 13 aromatic carbocycles. The molecule has 75 heavy (non-hydrogen) atoms. The molecule has 0 saturated carbocycles. The lowest BCUT2D eigenvalue weighted by molar-refractivity contribution is 0.768. The van der Waals surface area contributed by atoms with Gasteiger partial charge in [-0.1, -0.05) is 218 Å². The van der Waals surface area contributed by atoms with Crippen molar-refractivity contribution in [2.24, 2.45) is 0 Å². The minimum atomic E-state index is -0.435. The van der Waals surface area contributed by atoms with Gasteiger partial charge in [-0.05, 0) is 161 Å². The van der Waals surface area contributed by atoms with E-state index < -0.39 is 5.41 Å². The van der Waals surface area contributed by atoms with Gasteiger partial charge in [0.2, 0.25) is 0 Å². The number of para-hydroxylation sites is 2. The number of benzene rings is 13. The van der Waals surface area contributed by atoms with Gasteiger partial charge in [-0.3, -0.25) is 0 Å². The first-order chi connectivity index (χ1) is 37.2. The van der Waals surface area contributed by atoms with Crippen LogP contribution in [-0.2, 0) is 5.41 Å². The summed E-state index contributed by atoms with van der Waals surface area (Å²) in [7, 11) is 0. The molecule has 1 heterocycles. The molecule has 0 atom stereocenters. The van der Waals surface area contributed by atoms with E-state index >= 15 is 0 Å². The van der Waals surface area contributed by atoms with Gasteiger partial charge in [0, 0.05) is 33.5 Å². The number of hydrogen-bond acceptors (Lipinski definition) is 1. The van der Waals surface area contributed by atoms with Crippen molar-refractivity contribution in [1.82, 2.24) is 4.57 Å². The Hall–Kier alpha value is -9.76. The number of nitrogens with zero attached hydrogens (tertiary/aromatic N) is 2. The van der Waals surface area contributed by atoms with Gasteiger partial charge in [-0.25, -0.2) is 0 Å². The van der Waals surface area contributed by atoms with Crippen molar-refractivity contribution in [3.8, 4) is 39.1 Å². The van der Waals surface area contributed by atoms with Crippen LogP contribution in [0.4, 0.5) is 17.1 Å². The Morgan fingerprint density at radius 1 is 0.253 bits per heavy atom. The summed E-state index contributed by atoms with van der Waals surface area (Å²) in [5.74, 6) is 0. The van der Waals surface area contributed by atoms with Crippen molar-refractivity contribution >= 4 is 71.2 Å². The van der Waals surface area contributed by atoms with Crippen LogP contribution in [0, 0.1) is 0 Å². The standard InChI is InChI=1S/C73H48N2/c1-4-18-53(19-5-1)73(69-30-16-14-28-64(69)65-29-15-17-31-70(65)73)54-38-32-49(33-39-54)51-36-44-71-67(46-51)68-47-52(37-45-72(68)75(71)56-22-8-3-9-23-56)50-34-40-57(41-35-50)74(55-20-6-2-7-21-55)58-42-43-63-61-26-11-10-24-59(61)60-25-12-13-27-62(60)66(63)48-58/h1-48H. The number of rotatable bonds is 8. The lowest BCUT2D eigenvalue weighted by Crippen LogP contribution is -2.28. The molecule has 1 aliphatic rings. The van der Waals surface area contributed by atoms with E-state index in [-0.39, 0.29) is 0 Å². The maximum absolute atomic E-state index is 2.41. The van der Waals surface area contributed by atoms with Crippen molar-refractivity contribution in [2.45, 2.75) is 5.41 Å². The highest BCUT2D eigenvalue weighted by atomic mass is 15.1. The summed E-state index contributed by atoms with van der Waals surface area (Å²) in [5, 5.41) is 10.1. The number of anilines is 3. The molecule has 350 valence electrons. The highest BCUT2D eigenvalue weighted by Gasteiger charge is 2.45. The zero-order valence-corrected chi connectivity index (χ0v) is 41.1. The van der Waals surface area contributed by atoms with Crippen LogP contribution in [0.3, 0.4) is 0 Å². The summed E-state index contributed by atoms with van der Waals surface area (Å²) in [4.78, 5) is 2.38. The van der Waals surface area contributed by atoms with Gasteiger partial charge in [-0.2, -0.15) is 0 Å². The molecule has 14 aromatic rings. The second-order valence-electron chi connectivity index (χ2n) is 20.0. The van der Waals surface area contributed by atoms with Gasteiger partial charge < -0.3 is 9.47 Å². The van der Waals surface area contributed by atoms with Crippen LogP contribution in [0.25, 0.3) is 93.2 Å². The second-order valence-corrected chi connectivity index (χ2v) is 20.0. The average Bonchev–Trinajstić information content (AvgIpc) is 4.09. The molecule has 0 spiro atoms. The fourth-order valence-electron chi connectivity index (χ4n) is 12.7. The summed E-state index contributed by atoms with van der Waals surface area (Å²) in [6.07, 6.45) is 0. The summed E-state index contributed by atoms with van der Waals surface area (Å²) in [6.45, 7) is 0. The van der Waals surface area contributed by atoms with E-state index in [1.165, 1.54) is 110 Å². The van der Waals surface area contributed by atoms with Crippen LogP contribution in [-0.4, -0.2) is 4.57 Å². The van der Waals surface area contributed by atoms with Gasteiger partial charge in [0.15, 0.2) is 0 Å². The highest BCUT2D eigenvalue weighted by Crippen LogP contribution is 2.56. The van der Waals surface area contributed by atoms with Crippen LogP contribution in [0.15, 0.2) is 291 Å². The van der Waals surface area contributed by atoms with Crippen LogP contribution in [0.2, 0.25) is 0 Å². The molecule has 0 radical (unpaired) electrons. The Labute approximate surface area is 436 Å². The molecule has 0 fully saturated rings. The molecule has 1 aromatic heterocycles. The highest BCUT2D eigenvalue weighted by molar-refractivity contribution is 6.26. The SMILES string of the molecule is c1ccc(N(c2ccc(-c3ccc4c(c3)c3cc(-c5ccc(C6(c7ccccc7)c7ccccc7-c7ccccc76)cc5)ccc3n4-c3ccccc3)cc2)c2ccc3c4ccccc4c4ccccc4c3c2)cc1. The molecule has 0 aliphatic heterocycles. The molecular formula is C73H48N2. The van der Waals surface area contributed by atoms with E-state index in [9.17, 15) is 0 Å². The van der Waals surface area contributed by atoms with Crippen molar-refractivity contribution in [3.05, 3.63) is 313 Å². The van der Waals surface area contributed by atoms with Crippen molar-refractivity contribution in [1.29, 1.82) is 0 Å². The fraction of sp³-hybridized carbons (Fsp3) is 0.0137. The summed E-state index contributed by atoms with van der Waals surface area (Å²) < 4.78 is 2.41. The molecule has 0 unspecified atom stereocenters. The molecule has 0 amide bonds. The van der Waals surface area contributed by atoms with Crippen molar-refractivity contribution in [3.63, 3.8) is 0 Å². The van der Waals surface area contributed by atoms with Gasteiger partial charge in [0.1, 0.15) is 0 Å². The Bertz CT molecular complexity index is 4420. The van der Waals surface area contributed by atoms with E-state index in [2.05, 4.69) is 301 Å². The van der Waals surface area contributed by atoms with Crippen molar-refractivity contribution in [2.75, 3.05) is 4.90 Å². The molecule has 15 rings (SSSR count). The Kier molecular flexibility index (Phi) is 9.83. The predicted molar refractivity (Wildman–Crippen MR) is 316 cm³/mol. The van der Waals surface area contributed by atoms with Crippen LogP contribution < -0.4 is 4.90 Å². The number of fused-ring (bicyclic) bond motifs is 12. The van der Waals surface area contributed by atoms with Gasteiger partial charge in [-0.15, -0.1) is 0 Å². The first kappa shape index (κ1) is 42.9. The van der Waals surface area contributed by atoms with E-state index in [0.29, 0.717) is 0 Å². The third kappa shape index (κ3) is 6.66. The molecule has 0 saturated heterocycles. The Morgan fingerprint density at radius 3 is 1.21 bits per heavy atom. The summed E-state index contributed by atoms with van der Waals surface area (Å²) >= 11 is 0. The third-order valence-corrected chi connectivity index (χ3v) is 16.0. The molecule has 2 heteroatoms. The average molecular weight is 953 g/mol. The Balaban J connectivity index is 0.833. The van der Waals surface area contributed by atoms with Crippen LogP contribution >= 0.6 is 0 Å². The number of hydrogen-bond donors (Lipinski definition) is 0. The van der Waals surface area contributed by atoms with Crippen molar-refractivity contribution < 1.29 is 0 Å². The largest absolute Gasteiger partial charge is 0.310 e. The zero-order valence-electron chi connectivity index (χ0n) is 41.1. The molecule has 0 N–H and O–H groups in total. The van der Waals surface area contributed by atoms with Gasteiger partial charge in [0.05, 0.1) is 16.4 Å². The zero-order chi connectivity index (χ0) is 49.5. The lowest BCUT2D eigenvalue weighted by Gasteiger charge is -2.34. The van der Waals surface area contributed by atoms with E-state index in [0.717, 1.165) is 22.7 Å². The lowest BCUT2D eigenvalue weighted by atomic mass is 9.67. The minimum Gasteiger partial charge on any atom is -0.310 e. The van der Waals surface area contributed by atoms with Crippen LogP contribution in [0.5, 0.6) is 0 Å².